The molecule has 1 aliphatic carbocycles. The maximum atomic E-state index is 13.3. The number of hydrogen-bond acceptors (Lipinski definition) is 2. The van der Waals surface area contributed by atoms with Gasteiger partial charge in [-0.3, -0.25) is 9.80 Å². The maximum absolute atomic E-state index is 13.3. The van der Waals surface area contributed by atoms with Gasteiger partial charge >= 0.3 is 0 Å². The van der Waals surface area contributed by atoms with Crippen LogP contribution in [0.2, 0.25) is 0 Å². The molecule has 1 aromatic rings. The SMILES string of the molecule is CC1(C)CCC(N2CCN(Cc3ccc(F)c(F)c3)CC2)C1. The molecule has 0 radical (unpaired) electrons. The third kappa shape index (κ3) is 3.66. The molecule has 22 heavy (non-hydrogen) atoms. The number of halogens is 2. The Labute approximate surface area is 132 Å². The summed E-state index contributed by atoms with van der Waals surface area (Å²) in [6.45, 7) is 9.64. The Kier molecular flexibility index (Phi) is 4.51. The molecule has 2 fully saturated rings. The molecule has 1 atom stereocenters. The predicted octanol–water partition coefficient (Wildman–Crippen LogP) is 3.66. The van der Waals surface area contributed by atoms with Gasteiger partial charge in [-0.15, -0.1) is 0 Å². The van der Waals surface area contributed by atoms with Crippen molar-refractivity contribution >= 4 is 0 Å². The van der Waals surface area contributed by atoms with E-state index in [1.807, 2.05) is 0 Å². The summed E-state index contributed by atoms with van der Waals surface area (Å²) < 4.78 is 26.2. The Morgan fingerprint density at radius 3 is 2.41 bits per heavy atom. The van der Waals surface area contributed by atoms with Crippen LogP contribution in [0.1, 0.15) is 38.7 Å². The first-order valence-corrected chi connectivity index (χ1v) is 8.33. The summed E-state index contributed by atoms with van der Waals surface area (Å²) in [5.74, 6) is -1.51. The van der Waals surface area contributed by atoms with Crippen LogP contribution < -0.4 is 0 Å². The lowest BCUT2D eigenvalue weighted by Crippen LogP contribution is -2.49. The number of rotatable bonds is 3. The predicted molar refractivity (Wildman–Crippen MR) is 84.6 cm³/mol. The molecule has 0 spiro atoms. The van der Waals surface area contributed by atoms with Crippen LogP contribution in [0.25, 0.3) is 0 Å². The van der Waals surface area contributed by atoms with Gasteiger partial charge in [0.15, 0.2) is 11.6 Å². The molecule has 1 aliphatic heterocycles. The molecule has 4 heteroatoms. The van der Waals surface area contributed by atoms with Crippen LogP contribution >= 0.6 is 0 Å². The summed E-state index contributed by atoms with van der Waals surface area (Å²) in [6, 6.07) is 4.97. The van der Waals surface area contributed by atoms with Gasteiger partial charge in [-0.05, 0) is 42.4 Å². The van der Waals surface area contributed by atoms with E-state index in [1.54, 1.807) is 6.07 Å². The van der Waals surface area contributed by atoms with Gasteiger partial charge in [-0.25, -0.2) is 8.78 Å². The van der Waals surface area contributed by atoms with Gasteiger partial charge in [0, 0.05) is 38.8 Å². The van der Waals surface area contributed by atoms with Crippen molar-refractivity contribution in [3.8, 4) is 0 Å². The fourth-order valence-corrected chi connectivity index (χ4v) is 3.89. The van der Waals surface area contributed by atoms with Crippen molar-refractivity contribution in [2.45, 2.75) is 45.7 Å². The van der Waals surface area contributed by atoms with Crippen molar-refractivity contribution in [3.63, 3.8) is 0 Å². The van der Waals surface area contributed by atoms with E-state index in [2.05, 4.69) is 23.6 Å². The zero-order valence-electron chi connectivity index (χ0n) is 13.6. The molecular formula is C18H26F2N2. The zero-order valence-corrected chi connectivity index (χ0v) is 13.6. The molecule has 1 saturated carbocycles. The van der Waals surface area contributed by atoms with E-state index in [0.29, 0.717) is 12.0 Å². The van der Waals surface area contributed by atoms with Crippen LogP contribution in [-0.4, -0.2) is 42.0 Å². The Bertz CT molecular complexity index is 522. The average molecular weight is 308 g/mol. The summed E-state index contributed by atoms with van der Waals surface area (Å²) in [5, 5.41) is 0. The average Bonchev–Trinajstić information content (AvgIpc) is 2.84. The topological polar surface area (TPSA) is 6.48 Å². The van der Waals surface area contributed by atoms with Gasteiger partial charge in [-0.2, -0.15) is 0 Å². The first-order valence-electron chi connectivity index (χ1n) is 8.33. The Hall–Kier alpha value is -1.00. The molecule has 0 amide bonds. The van der Waals surface area contributed by atoms with Crippen LogP contribution in [0.5, 0.6) is 0 Å². The van der Waals surface area contributed by atoms with Gasteiger partial charge < -0.3 is 0 Å². The van der Waals surface area contributed by atoms with E-state index in [4.69, 9.17) is 0 Å². The molecule has 0 aromatic heterocycles. The van der Waals surface area contributed by atoms with Crippen LogP contribution in [0.4, 0.5) is 8.78 Å². The van der Waals surface area contributed by atoms with E-state index in [9.17, 15) is 8.78 Å². The Morgan fingerprint density at radius 1 is 1.09 bits per heavy atom. The molecule has 1 unspecified atom stereocenters. The highest BCUT2D eigenvalue weighted by Crippen LogP contribution is 2.39. The summed E-state index contributed by atoms with van der Waals surface area (Å²) in [6.07, 6.45) is 3.94. The van der Waals surface area contributed by atoms with E-state index < -0.39 is 11.6 Å². The lowest BCUT2D eigenvalue weighted by atomic mass is 9.91. The highest BCUT2D eigenvalue weighted by Gasteiger charge is 2.35. The lowest BCUT2D eigenvalue weighted by Gasteiger charge is -2.38. The van der Waals surface area contributed by atoms with Gasteiger partial charge in [0.25, 0.3) is 0 Å². The minimum absolute atomic E-state index is 0.493. The van der Waals surface area contributed by atoms with Crippen LogP contribution in [0.15, 0.2) is 18.2 Å². The number of benzene rings is 1. The van der Waals surface area contributed by atoms with Gasteiger partial charge in [-0.1, -0.05) is 19.9 Å². The highest BCUT2D eigenvalue weighted by molar-refractivity contribution is 5.17. The van der Waals surface area contributed by atoms with Crippen molar-refractivity contribution in [1.29, 1.82) is 0 Å². The fourth-order valence-electron chi connectivity index (χ4n) is 3.89. The second kappa shape index (κ2) is 6.25. The molecule has 0 bridgehead atoms. The van der Waals surface area contributed by atoms with Gasteiger partial charge in [0.2, 0.25) is 0 Å². The molecule has 3 rings (SSSR count). The molecule has 0 N–H and O–H groups in total. The summed E-state index contributed by atoms with van der Waals surface area (Å²) in [5.41, 5.74) is 1.35. The zero-order chi connectivity index (χ0) is 15.7. The van der Waals surface area contributed by atoms with Gasteiger partial charge in [0.05, 0.1) is 0 Å². The lowest BCUT2D eigenvalue weighted by molar-refractivity contribution is 0.0895. The van der Waals surface area contributed by atoms with Crippen molar-refractivity contribution in [3.05, 3.63) is 35.4 Å². The first-order chi connectivity index (χ1) is 10.4. The van der Waals surface area contributed by atoms with Crippen molar-refractivity contribution in [1.82, 2.24) is 9.80 Å². The van der Waals surface area contributed by atoms with E-state index in [0.717, 1.165) is 37.8 Å². The van der Waals surface area contributed by atoms with E-state index in [-0.39, 0.29) is 0 Å². The second-order valence-electron chi connectivity index (χ2n) is 7.62. The van der Waals surface area contributed by atoms with Crippen molar-refractivity contribution in [2.75, 3.05) is 26.2 Å². The minimum atomic E-state index is -0.766. The molecule has 2 nitrogen and oxygen atoms in total. The van der Waals surface area contributed by atoms with Crippen LogP contribution in [-0.2, 0) is 6.54 Å². The Balaban J connectivity index is 1.50. The highest BCUT2D eigenvalue weighted by atomic mass is 19.2. The standard InChI is InChI=1S/C18H26F2N2/c1-18(2)6-5-15(12-18)22-9-7-21(8-10-22)13-14-3-4-16(19)17(20)11-14/h3-4,11,15H,5-10,12-13H2,1-2H3. The quantitative estimate of drug-likeness (QED) is 0.841. The van der Waals surface area contributed by atoms with Crippen LogP contribution in [0, 0.1) is 17.0 Å². The molecule has 2 aliphatic rings. The normalized spacial score (nSPS) is 26.5. The number of nitrogens with zero attached hydrogens (tertiary/aromatic N) is 2. The molecule has 122 valence electrons. The second-order valence-corrected chi connectivity index (χ2v) is 7.62. The fraction of sp³-hybridized carbons (Fsp3) is 0.667. The minimum Gasteiger partial charge on any atom is -0.298 e. The van der Waals surface area contributed by atoms with E-state index >= 15 is 0 Å². The molecular weight excluding hydrogens is 282 g/mol. The molecule has 1 saturated heterocycles. The largest absolute Gasteiger partial charge is 0.298 e. The molecule has 1 heterocycles. The number of hydrogen-bond donors (Lipinski definition) is 0. The van der Waals surface area contributed by atoms with Crippen molar-refractivity contribution in [2.24, 2.45) is 5.41 Å². The first kappa shape index (κ1) is 15.9. The van der Waals surface area contributed by atoms with Crippen LogP contribution in [0.3, 0.4) is 0 Å². The summed E-state index contributed by atoms with van der Waals surface area (Å²) in [4.78, 5) is 4.96. The third-order valence-electron chi connectivity index (χ3n) is 5.26. The van der Waals surface area contributed by atoms with E-state index in [1.165, 1.54) is 31.4 Å². The summed E-state index contributed by atoms with van der Waals surface area (Å²) >= 11 is 0. The Morgan fingerprint density at radius 2 is 1.82 bits per heavy atom. The monoisotopic (exact) mass is 308 g/mol. The van der Waals surface area contributed by atoms with Gasteiger partial charge in [0.1, 0.15) is 0 Å². The smallest absolute Gasteiger partial charge is 0.159 e. The summed E-state index contributed by atoms with van der Waals surface area (Å²) in [7, 11) is 0. The molecule has 1 aromatic carbocycles. The maximum Gasteiger partial charge on any atom is 0.159 e. The number of piperazine rings is 1. The third-order valence-corrected chi connectivity index (χ3v) is 5.26. The van der Waals surface area contributed by atoms with Crippen molar-refractivity contribution < 1.29 is 8.78 Å².